The fourth-order valence-corrected chi connectivity index (χ4v) is 4.36. The van der Waals surface area contributed by atoms with E-state index in [1.165, 1.54) is 32.1 Å². The summed E-state index contributed by atoms with van der Waals surface area (Å²) in [6.45, 7) is 4.42. The largest absolute Gasteiger partial charge is 0.353 e. The van der Waals surface area contributed by atoms with Gasteiger partial charge in [0.15, 0.2) is 0 Å². The monoisotopic (exact) mass is 250 g/mol. The number of nitrogens with one attached hydrogen (secondary N) is 2. The topological polar surface area (TPSA) is 41.1 Å². The Labute approximate surface area is 110 Å². The van der Waals surface area contributed by atoms with Crippen molar-refractivity contribution in [1.29, 1.82) is 0 Å². The fourth-order valence-electron chi connectivity index (χ4n) is 4.36. The van der Waals surface area contributed by atoms with Crippen LogP contribution in [0.4, 0.5) is 0 Å². The maximum absolute atomic E-state index is 12.4. The molecule has 3 nitrogen and oxygen atoms in total. The molecule has 2 saturated carbocycles. The van der Waals surface area contributed by atoms with Gasteiger partial charge in [0, 0.05) is 12.0 Å². The van der Waals surface area contributed by atoms with E-state index in [1.807, 2.05) is 0 Å². The summed E-state index contributed by atoms with van der Waals surface area (Å²) < 4.78 is 0. The van der Waals surface area contributed by atoms with Crippen LogP contribution >= 0.6 is 0 Å². The number of amides is 1. The molecule has 2 aliphatic carbocycles. The summed E-state index contributed by atoms with van der Waals surface area (Å²) in [5.74, 6) is 2.94. The van der Waals surface area contributed by atoms with Gasteiger partial charge in [0.2, 0.25) is 5.91 Å². The number of fused-ring (bicyclic) bond motifs is 2. The van der Waals surface area contributed by atoms with Gasteiger partial charge in [-0.3, -0.25) is 4.79 Å². The summed E-state index contributed by atoms with van der Waals surface area (Å²) in [7, 11) is 0. The normalized spacial score (nSPS) is 37.7. The van der Waals surface area contributed by atoms with Crippen molar-refractivity contribution >= 4 is 5.91 Å². The first-order valence-corrected chi connectivity index (χ1v) is 7.75. The molecule has 4 unspecified atom stereocenters. The Morgan fingerprint density at radius 1 is 1.17 bits per heavy atom. The number of carbonyl (C=O) groups is 1. The summed E-state index contributed by atoms with van der Waals surface area (Å²) in [6.07, 6.45) is 7.56. The molecule has 0 aromatic rings. The molecular formula is C15H26N2O. The molecule has 1 amide bonds. The second-order valence-electron chi connectivity index (χ2n) is 6.67. The Bertz CT molecular complexity index is 312. The zero-order valence-corrected chi connectivity index (χ0v) is 11.5. The molecule has 2 bridgehead atoms. The highest BCUT2D eigenvalue weighted by molar-refractivity contribution is 5.79. The van der Waals surface area contributed by atoms with Crippen LogP contribution < -0.4 is 10.6 Å². The summed E-state index contributed by atoms with van der Waals surface area (Å²) in [5, 5.41) is 6.70. The second kappa shape index (κ2) is 5.20. The molecule has 3 rings (SSSR count). The Balaban J connectivity index is 1.51. The van der Waals surface area contributed by atoms with Crippen molar-refractivity contribution in [3.05, 3.63) is 0 Å². The van der Waals surface area contributed by atoms with Crippen LogP contribution in [0.3, 0.4) is 0 Å². The molecule has 3 fully saturated rings. The van der Waals surface area contributed by atoms with Crippen molar-refractivity contribution in [1.82, 2.24) is 10.6 Å². The first-order chi connectivity index (χ1) is 8.74. The van der Waals surface area contributed by atoms with Gasteiger partial charge in [-0.05, 0) is 69.9 Å². The van der Waals surface area contributed by atoms with Crippen LogP contribution in [0.2, 0.25) is 0 Å². The zero-order valence-electron chi connectivity index (χ0n) is 11.5. The molecule has 18 heavy (non-hydrogen) atoms. The highest BCUT2D eigenvalue weighted by atomic mass is 16.2. The predicted octanol–water partition coefficient (Wildman–Crippen LogP) is 1.93. The van der Waals surface area contributed by atoms with E-state index in [2.05, 4.69) is 17.6 Å². The summed E-state index contributed by atoms with van der Waals surface area (Å²) in [4.78, 5) is 12.4. The van der Waals surface area contributed by atoms with E-state index in [-0.39, 0.29) is 0 Å². The molecule has 1 heterocycles. The second-order valence-corrected chi connectivity index (χ2v) is 6.67. The standard InChI is InChI=1S/C15H26N2O/c1-10(12-4-6-16-7-5-12)17-15(18)14-9-11-2-3-13(14)8-11/h10-14,16H,2-9H2,1H3,(H,17,18). The van der Waals surface area contributed by atoms with Crippen LogP contribution in [-0.4, -0.2) is 25.0 Å². The van der Waals surface area contributed by atoms with E-state index >= 15 is 0 Å². The minimum absolute atomic E-state index is 0.341. The fraction of sp³-hybridized carbons (Fsp3) is 0.933. The molecule has 0 radical (unpaired) electrons. The van der Waals surface area contributed by atoms with Crippen LogP contribution in [0, 0.1) is 23.7 Å². The highest BCUT2D eigenvalue weighted by Gasteiger charge is 2.43. The number of piperidine rings is 1. The van der Waals surface area contributed by atoms with Gasteiger partial charge in [-0.25, -0.2) is 0 Å². The van der Waals surface area contributed by atoms with Gasteiger partial charge in [-0.15, -0.1) is 0 Å². The first kappa shape index (κ1) is 12.5. The molecule has 4 atom stereocenters. The molecular weight excluding hydrogens is 224 g/mol. The Hall–Kier alpha value is -0.570. The number of rotatable bonds is 3. The van der Waals surface area contributed by atoms with Crippen molar-refractivity contribution in [2.75, 3.05) is 13.1 Å². The minimum Gasteiger partial charge on any atom is -0.353 e. The van der Waals surface area contributed by atoms with Gasteiger partial charge in [0.1, 0.15) is 0 Å². The van der Waals surface area contributed by atoms with Crippen molar-refractivity contribution < 1.29 is 4.79 Å². The van der Waals surface area contributed by atoms with E-state index in [0.29, 0.717) is 29.7 Å². The molecule has 102 valence electrons. The first-order valence-electron chi connectivity index (χ1n) is 7.75. The number of hydrogen-bond acceptors (Lipinski definition) is 2. The van der Waals surface area contributed by atoms with Gasteiger partial charge in [0.05, 0.1) is 0 Å². The lowest BCUT2D eigenvalue weighted by molar-refractivity contribution is -0.127. The van der Waals surface area contributed by atoms with Crippen LogP contribution in [0.5, 0.6) is 0 Å². The van der Waals surface area contributed by atoms with Crippen molar-refractivity contribution in [3.8, 4) is 0 Å². The highest BCUT2D eigenvalue weighted by Crippen LogP contribution is 2.48. The average Bonchev–Trinajstić information content (AvgIpc) is 3.02. The molecule has 3 aliphatic rings. The van der Waals surface area contributed by atoms with Crippen molar-refractivity contribution in [3.63, 3.8) is 0 Å². The lowest BCUT2D eigenvalue weighted by atomic mass is 9.86. The molecule has 3 heteroatoms. The Morgan fingerprint density at radius 2 is 1.94 bits per heavy atom. The number of hydrogen-bond donors (Lipinski definition) is 2. The summed E-state index contributed by atoms with van der Waals surface area (Å²) >= 11 is 0. The van der Waals surface area contributed by atoms with Crippen LogP contribution in [0.1, 0.15) is 45.4 Å². The quantitative estimate of drug-likeness (QED) is 0.803. The maximum atomic E-state index is 12.4. The van der Waals surface area contributed by atoms with E-state index in [9.17, 15) is 4.79 Å². The molecule has 1 saturated heterocycles. The van der Waals surface area contributed by atoms with Crippen molar-refractivity contribution in [2.24, 2.45) is 23.7 Å². The van der Waals surface area contributed by atoms with E-state index in [4.69, 9.17) is 0 Å². The van der Waals surface area contributed by atoms with Crippen LogP contribution in [0.25, 0.3) is 0 Å². The molecule has 0 aromatic heterocycles. The Morgan fingerprint density at radius 3 is 2.56 bits per heavy atom. The molecule has 0 aromatic carbocycles. The van der Waals surface area contributed by atoms with Gasteiger partial charge >= 0.3 is 0 Å². The van der Waals surface area contributed by atoms with E-state index in [0.717, 1.165) is 25.4 Å². The van der Waals surface area contributed by atoms with Crippen LogP contribution in [-0.2, 0) is 4.79 Å². The third-order valence-electron chi connectivity index (χ3n) is 5.54. The van der Waals surface area contributed by atoms with Gasteiger partial charge in [-0.1, -0.05) is 6.42 Å². The summed E-state index contributed by atoms with van der Waals surface area (Å²) in [5.41, 5.74) is 0. The SMILES string of the molecule is CC(NC(=O)C1CC2CCC1C2)C1CCNCC1. The number of carbonyl (C=O) groups excluding carboxylic acids is 1. The lowest BCUT2D eigenvalue weighted by Crippen LogP contribution is -2.45. The van der Waals surface area contributed by atoms with Crippen molar-refractivity contribution in [2.45, 2.75) is 51.5 Å². The van der Waals surface area contributed by atoms with E-state index < -0.39 is 0 Å². The van der Waals surface area contributed by atoms with Gasteiger partial charge in [-0.2, -0.15) is 0 Å². The lowest BCUT2D eigenvalue weighted by Gasteiger charge is -2.30. The summed E-state index contributed by atoms with van der Waals surface area (Å²) in [6, 6.07) is 0.360. The third kappa shape index (κ3) is 2.42. The minimum atomic E-state index is 0.341. The maximum Gasteiger partial charge on any atom is 0.223 e. The van der Waals surface area contributed by atoms with Gasteiger partial charge < -0.3 is 10.6 Å². The molecule has 2 N–H and O–H groups in total. The third-order valence-corrected chi connectivity index (χ3v) is 5.54. The zero-order chi connectivity index (χ0) is 12.5. The smallest absolute Gasteiger partial charge is 0.223 e. The van der Waals surface area contributed by atoms with Crippen LogP contribution in [0.15, 0.2) is 0 Å². The van der Waals surface area contributed by atoms with E-state index in [1.54, 1.807) is 0 Å². The predicted molar refractivity (Wildman–Crippen MR) is 72.1 cm³/mol. The Kier molecular flexibility index (Phi) is 3.60. The average molecular weight is 250 g/mol. The van der Waals surface area contributed by atoms with Gasteiger partial charge in [0.25, 0.3) is 0 Å². The molecule has 1 aliphatic heterocycles. The molecule has 0 spiro atoms.